The maximum Gasteiger partial charge on any atom is 0.267 e. The third kappa shape index (κ3) is 2.85. The maximum atomic E-state index is 12.6. The van der Waals surface area contributed by atoms with Gasteiger partial charge in [0.2, 0.25) is 10.0 Å². The highest BCUT2D eigenvalue weighted by molar-refractivity contribution is 7.89. The SMILES string of the molecule is Cc1noc(C)c1S(=O)(=O)N1CC(Oc2ccnc(C(N)=O)c2)C1. The molecule has 2 aromatic heterocycles. The number of nitrogens with two attached hydrogens (primary N) is 1. The van der Waals surface area contributed by atoms with Gasteiger partial charge in [-0.1, -0.05) is 5.16 Å². The zero-order valence-electron chi connectivity index (χ0n) is 13.1. The van der Waals surface area contributed by atoms with E-state index in [2.05, 4.69) is 10.1 Å². The van der Waals surface area contributed by atoms with Crippen molar-refractivity contribution >= 4 is 15.9 Å². The van der Waals surface area contributed by atoms with Crippen LogP contribution in [-0.4, -0.2) is 48.0 Å². The van der Waals surface area contributed by atoms with E-state index >= 15 is 0 Å². The van der Waals surface area contributed by atoms with E-state index in [9.17, 15) is 13.2 Å². The van der Waals surface area contributed by atoms with Crippen LogP contribution in [0.1, 0.15) is 21.9 Å². The van der Waals surface area contributed by atoms with Gasteiger partial charge in [-0.25, -0.2) is 8.42 Å². The Labute approximate surface area is 138 Å². The van der Waals surface area contributed by atoms with E-state index in [1.165, 1.54) is 16.6 Å². The minimum Gasteiger partial charge on any atom is -0.488 e. The Morgan fingerprint density at radius 2 is 2.12 bits per heavy atom. The molecule has 2 aromatic rings. The van der Waals surface area contributed by atoms with Crippen molar-refractivity contribution in [1.29, 1.82) is 0 Å². The van der Waals surface area contributed by atoms with E-state index in [1.54, 1.807) is 19.9 Å². The maximum absolute atomic E-state index is 12.6. The lowest BCUT2D eigenvalue weighted by molar-refractivity contribution is 0.0758. The number of carbonyl (C=O) groups is 1. The van der Waals surface area contributed by atoms with Gasteiger partial charge in [-0.3, -0.25) is 9.78 Å². The fraction of sp³-hybridized carbons (Fsp3) is 0.357. The fourth-order valence-corrected chi connectivity index (χ4v) is 4.25. The number of rotatable bonds is 5. The van der Waals surface area contributed by atoms with Gasteiger partial charge in [0, 0.05) is 12.3 Å². The topological polar surface area (TPSA) is 129 Å². The Hall–Kier alpha value is -2.46. The van der Waals surface area contributed by atoms with Crippen LogP contribution in [0.25, 0.3) is 0 Å². The zero-order chi connectivity index (χ0) is 17.5. The number of amides is 1. The molecule has 1 aliphatic rings. The number of carbonyl (C=O) groups excluding carboxylic acids is 1. The number of aryl methyl sites for hydroxylation is 2. The van der Waals surface area contributed by atoms with E-state index in [0.717, 1.165) is 0 Å². The van der Waals surface area contributed by atoms with Crippen molar-refractivity contribution in [2.45, 2.75) is 24.8 Å². The first-order chi connectivity index (χ1) is 11.3. The van der Waals surface area contributed by atoms with Gasteiger partial charge in [0.05, 0.1) is 13.1 Å². The molecule has 1 aliphatic heterocycles. The summed E-state index contributed by atoms with van der Waals surface area (Å²) < 4.78 is 37.0. The second-order valence-electron chi connectivity index (χ2n) is 5.46. The molecule has 0 saturated carbocycles. The van der Waals surface area contributed by atoms with Crippen molar-refractivity contribution in [1.82, 2.24) is 14.4 Å². The number of hydrogen-bond acceptors (Lipinski definition) is 7. The molecule has 0 spiro atoms. The summed E-state index contributed by atoms with van der Waals surface area (Å²) in [5, 5.41) is 3.67. The van der Waals surface area contributed by atoms with Gasteiger partial charge in [-0.15, -0.1) is 0 Å². The summed E-state index contributed by atoms with van der Waals surface area (Å²) in [6.07, 6.45) is 1.09. The molecule has 1 saturated heterocycles. The number of aromatic nitrogens is 2. The number of pyridine rings is 1. The molecule has 0 radical (unpaired) electrons. The molecule has 1 fully saturated rings. The Bertz CT molecular complexity index is 867. The van der Waals surface area contributed by atoms with Gasteiger partial charge in [0.1, 0.15) is 28.1 Å². The second kappa shape index (κ2) is 5.87. The number of nitrogens with zero attached hydrogens (tertiary/aromatic N) is 3. The molecule has 0 aliphatic carbocycles. The van der Waals surface area contributed by atoms with Crippen LogP contribution in [0.3, 0.4) is 0 Å². The molecular formula is C14H16N4O5S. The van der Waals surface area contributed by atoms with Gasteiger partial charge in [0.15, 0.2) is 5.76 Å². The third-order valence-corrected chi connectivity index (χ3v) is 5.74. The third-order valence-electron chi connectivity index (χ3n) is 3.67. The minimum atomic E-state index is -3.66. The molecule has 3 rings (SSSR count). The molecular weight excluding hydrogens is 336 g/mol. The first-order valence-corrected chi connectivity index (χ1v) is 8.58. The predicted molar refractivity (Wildman–Crippen MR) is 81.9 cm³/mol. The highest BCUT2D eigenvalue weighted by atomic mass is 32.2. The first kappa shape index (κ1) is 16.4. The normalized spacial score (nSPS) is 15.9. The average molecular weight is 352 g/mol. The summed E-state index contributed by atoms with van der Waals surface area (Å²) in [5.41, 5.74) is 5.58. The van der Waals surface area contributed by atoms with Crippen LogP contribution >= 0.6 is 0 Å². The molecule has 128 valence electrons. The van der Waals surface area contributed by atoms with Crippen molar-refractivity contribution in [2.75, 3.05) is 13.1 Å². The van der Waals surface area contributed by atoms with Crippen LogP contribution in [-0.2, 0) is 10.0 Å². The van der Waals surface area contributed by atoms with Crippen LogP contribution in [0.5, 0.6) is 5.75 Å². The van der Waals surface area contributed by atoms with E-state index in [0.29, 0.717) is 11.4 Å². The summed E-state index contributed by atoms with van der Waals surface area (Å²) in [6.45, 7) is 3.53. The van der Waals surface area contributed by atoms with Gasteiger partial charge in [0.25, 0.3) is 5.91 Å². The number of primary amides is 1. The van der Waals surface area contributed by atoms with E-state index < -0.39 is 15.9 Å². The average Bonchev–Trinajstić information content (AvgIpc) is 2.82. The van der Waals surface area contributed by atoms with Crippen LogP contribution in [0.2, 0.25) is 0 Å². The van der Waals surface area contributed by atoms with E-state index in [1.807, 2.05) is 0 Å². The van der Waals surface area contributed by atoms with Gasteiger partial charge >= 0.3 is 0 Å². The number of ether oxygens (including phenoxy) is 1. The van der Waals surface area contributed by atoms with Crippen LogP contribution in [0.15, 0.2) is 27.7 Å². The predicted octanol–water partition coefficient (Wildman–Crippen LogP) is 0.237. The largest absolute Gasteiger partial charge is 0.488 e. The summed E-state index contributed by atoms with van der Waals surface area (Å²) >= 11 is 0. The molecule has 0 aromatic carbocycles. The molecule has 0 unspecified atom stereocenters. The lowest BCUT2D eigenvalue weighted by Crippen LogP contribution is -2.56. The summed E-state index contributed by atoms with van der Waals surface area (Å²) in [6, 6.07) is 3.01. The van der Waals surface area contributed by atoms with Crippen molar-refractivity contribution in [3.63, 3.8) is 0 Å². The molecule has 0 atom stereocenters. The Kier molecular flexibility index (Phi) is 4.01. The molecule has 2 N–H and O–H groups in total. The van der Waals surface area contributed by atoms with Crippen molar-refractivity contribution < 1.29 is 22.5 Å². The van der Waals surface area contributed by atoms with Crippen LogP contribution in [0, 0.1) is 13.8 Å². The Morgan fingerprint density at radius 1 is 1.42 bits per heavy atom. The standard InChI is InChI=1S/C14H16N4O5S/c1-8-13(9(2)23-17-8)24(20,21)18-6-11(7-18)22-10-3-4-16-12(5-10)14(15)19/h3-5,11H,6-7H2,1-2H3,(H2,15,19). The highest BCUT2D eigenvalue weighted by Gasteiger charge is 2.40. The lowest BCUT2D eigenvalue weighted by Gasteiger charge is -2.37. The van der Waals surface area contributed by atoms with Crippen LogP contribution < -0.4 is 10.5 Å². The zero-order valence-corrected chi connectivity index (χ0v) is 13.9. The number of sulfonamides is 1. The van der Waals surface area contributed by atoms with E-state index in [-0.39, 0.29) is 35.5 Å². The quantitative estimate of drug-likeness (QED) is 0.816. The van der Waals surface area contributed by atoms with E-state index in [4.69, 9.17) is 15.0 Å². The smallest absolute Gasteiger partial charge is 0.267 e. The second-order valence-corrected chi connectivity index (χ2v) is 7.33. The highest BCUT2D eigenvalue weighted by Crippen LogP contribution is 2.28. The monoisotopic (exact) mass is 352 g/mol. The van der Waals surface area contributed by atoms with Gasteiger partial charge in [-0.05, 0) is 19.9 Å². The molecule has 10 heteroatoms. The summed E-state index contributed by atoms with van der Waals surface area (Å²) in [7, 11) is -3.66. The van der Waals surface area contributed by atoms with Crippen molar-refractivity contribution in [2.24, 2.45) is 5.73 Å². The van der Waals surface area contributed by atoms with Crippen molar-refractivity contribution in [3.8, 4) is 5.75 Å². The lowest BCUT2D eigenvalue weighted by atomic mass is 10.2. The van der Waals surface area contributed by atoms with Crippen LogP contribution in [0.4, 0.5) is 0 Å². The number of hydrogen-bond donors (Lipinski definition) is 1. The molecule has 3 heterocycles. The van der Waals surface area contributed by atoms with Gasteiger partial charge in [-0.2, -0.15) is 4.31 Å². The fourth-order valence-electron chi connectivity index (χ4n) is 2.46. The molecule has 24 heavy (non-hydrogen) atoms. The minimum absolute atomic E-state index is 0.0898. The molecule has 9 nitrogen and oxygen atoms in total. The molecule has 1 amide bonds. The van der Waals surface area contributed by atoms with Gasteiger partial charge < -0.3 is 15.0 Å². The summed E-state index contributed by atoms with van der Waals surface area (Å²) in [5.74, 6) is 0.0203. The first-order valence-electron chi connectivity index (χ1n) is 7.14. The Morgan fingerprint density at radius 3 is 2.71 bits per heavy atom. The summed E-state index contributed by atoms with van der Waals surface area (Å²) in [4.78, 5) is 15.0. The Balaban J connectivity index is 1.68. The molecule has 0 bridgehead atoms. The van der Waals surface area contributed by atoms with Crippen molar-refractivity contribution in [3.05, 3.63) is 35.5 Å².